The summed E-state index contributed by atoms with van der Waals surface area (Å²) in [6.45, 7) is 0. The monoisotopic (exact) mass is 297 g/mol. The lowest BCUT2D eigenvalue weighted by atomic mass is 10.0. The standard InChI is InChI=1S/C16H15N3O3/c1-21-13-4-2-11(3-5-13)14-10-15(22-19-14)16(20)18-12-6-8-17-9-7-12/h2-9,15H,10H2,1H3,(H,17,18,20)/t15-/m1/s1. The van der Waals surface area contributed by atoms with Gasteiger partial charge in [0.1, 0.15) is 5.75 Å². The van der Waals surface area contributed by atoms with Gasteiger partial charge in [-0.05, 0) is 42.0 Å². The lowest BCUT2D eigenvalue weighted by Gasteiger charge is -2.09. The van der Waals surface area contributed by atoms with Crippen LogP contribution >= 0.6 is 0 Å². The summed E-state index contributed by atoms with van der Waals surface area (Å²) in [5.74, 6) is 0.550. The van der Waals surface area contributed by atoms with Gasteiger partial charge in [0.05, 0.1) is 12.8 Å². The number of oxime groups is 1. The van der Waals surface area contributed by atoms with Crippen molar-refractivity contribution in [1.29, 1.82) is 0 Å². The molecule has 1 N–H and O–H groups in total. The van der Waals surface area contributed by atoms with Gasteiger partial charge in [-0.25, -0.2) is 0 Å². The average molecular weight is 297 g/mol. The molecule has 1 amide bonds. The fraction of sp³-hybridized carbons (Fsp3) is 0.188. The molecule has 2 heterocycles. The Morgan fingerprint density at radius 2 is 1.95 bits per heavy atom. The molecule has 1 aromatic heterocycles. The molecule has 0 saturated carbocycles. The highest BCUT2D eigenvalue weighted by Gasteiger charge is 2.28. The van der Waals surface area contributed by atoms with Gasteiger partial charge in [0.25, 0.3) is 5.91 Å². The molecule has 112 valence electrons. The van der Waals surface area contributed by atoms with E-state index in [9.17, 15) is 4.79 Å². The molecular formula is C16H15N3O3. The van der Waals surface area contributed by atoms with Crippen LogP contribution in [-0.4, -0.2) is 29.8 Å². The molecule has 0 bridgehead atoms. The normalized spacial score (nSPS) is 16.6. The first-order valence-electron chi connectivity index (χ1n) is 6.84. The molecule has 0 radical (unpaired) electrons. The number of methoxy groups -OCH3 is 1. The molecule has 1 aliphatic rings. The molecule has 6 nitrogen and oxygen atoms in total. The van der Waals surface area contributed by atoms with E-state index in [2.05, 4.69) is 15.5 Å². The van der Waals surface area contributed by atoms with Crippen LogP contribution in [0.1, 0.15) is 12.0 Å². The Kier molecular flexibility index (Phi) is 4.00. The predicted molar refractivity (Wildman–Crippen MR) is 81.9 cm³/mol. The largest absolute Gasteiger partial charge is 0.497 e. The molecule has 0 aliphatic carbocycles. The fourth-order valence-electron chi connectivity index (χ4n) is 2.13. The summed E-state index contributed by atoms with van der Waals surface area (Å²) in [6.07, 6.45) is 3.04. The zero-order valence-electron chi connectivity index (χ0n) is 12.0. The van der Waals surface area contributed by atoms with Crippen molar-refractivity contribution in [2.24, 2.45) is 5.16 Å². The molecule has 6 heteroatoms. The Morgan fingerprint density at radius 3 is 2.64 bits per heavy atom. The number of nitrogens with one attached hydrogen (secondary N) is 1. The van der Waals surface area contributed by atoms with E-state index in [0.717, 1.165) is 17.0 Å². The maximum absolute atomic E-state index is 12.1. The molecule has 22 heavy (non-hydrogen) atoms. The maximum Gasteiger partial charge on any atom is 0.268 e. The molecular weight excluding hydrogens is 282 g/mol. The summed E-state index contributed by atoms with van der Waals surface area (Å²) < 4.78 is 5.12. The number of amides is 1. The predicted octanol–water partition coefficient (Wildman–Crippen LogP) is 2.22. The summed E-state index contributed by atoms with van der Waals surface area (Å²) in [4.78, 5) is 21.3. The highest BCUT2D eigenvalue weighted by molar-refractivity contribution is 6.06. The zero-order chi connectivity index (χ0) is 15.4. The summed E-state index contributed by atoms with van der Waals surface area (Å²) in [5, 5.41) is 6.79. The van der Waals surface area contributed by atoms with Gasteiger partial charge in [0, 0.05) is 24.5 Å². The molecule has 0 saturated heterocycles. The first-order valence-corrected chi connectivity index (χ1v) is 6.84. The van der Waals surface area contributed by atoms with E-state index in [1.807, 2.05) is 24.3 Å². The number of anilines is 1. The van der Waals surface area contributed by atoms with Gasteiger partial charge < -0.3 is 14.9 Å². The molecule has 0 fully saturated rings. The Morgan fingerprint density at radius 1 is 1.23 bits per heavy atom. The molecule has 3 rings (SSSR count). The second-order valence-corrected chi connectivity index (χ2v) is 4.79. The summed E-state index contributed by atoms with van der Waals surface area (Å²) in [7, 11) is 1.62. The Balaban J connectivity index is 1.62. The summed E-state index contributed by atoms with van der Waals surface area (Å²) >= 11 is 0. The van der Waals surface area contributed by atoms with Gasteiger partial charge >= 0.3 is 0 Å². The van der Waals surface area contributed by atoms with Crippen LogP contribution in [0.2, 0.25) is 0 Å². The third-order valence-corrected chi connectivity index (χ3v) is 3.33. The van der Waals surface area contributed by atoms with E-state index in [1.54, 1.807) is 31.6 Å². The second-order valence-electron chi connectivity index (χ2n) is 4.79. The summed E-state index contributed by atoms with van der Waals surface area (Å²) in [6, 6.07) is 10.9. The number of aromatic nitrogens is 1. The lowest BCUT2D eigenvalue weighted by molar-refractivity contribution is -0.125. The van der Waals surface area contributed by atoms with E-state index >= 15 is 0 Å². The van der Waals surface area contributed by atoms with Crippen molar-refractivity contribution < 1.29 is 14.4 Å². The van der Waals surface area contributed by atoms with Crippen molar-refractivity contribution in [2.75, 3.05) is 12.4 Å². The zero-order valence-corrected chi connectivity index (χ0v) is 12.0. The van der Waals surface area contributed by atoms with Crippen molar-refractivity contribution in [2.45, 2.75) is 12.5 Å². The molecule has 0 spiro atoms. The Labute approximate surface area is 127 Å². The van der Waals surface area contributed by atoms with Crippen LogP contribution in [0.4, 0.5) is 5.69 Å². The van der Waals surface area contributed by atoms with Crippen LogP contribution in [0.5, 0.6) is 5.75 Å². The molecule has 1 aliphatic heterocycles. The number of hydrogen-bond acceptors (Lipinski definition) is 5. The van der Waals surface area contributed by atoms with Crippen LogP contribution in [-0.2, 0) is 9.63 Å². The van der Waals surface area contributed by atoms with Gasteiger partial charge in [-0.15, -0.1) is 0 Å². The number of carbonyl (C=O) groups excluding carboxylic acids is 1. The van der Waals surface area contributed by atoms with Crippen LogP contribution in [0, 0.1) is 0 Å². The average Bonchev–Trinajstić information content (AvgIpc) is 3.06. The Bertz CT molecular complexity index is 684. The molecule has 1 aromatic carbocycles. The molecule has 0 unspecified atom stereocenters. The van der Waals surface area contributed by atoms with Crippen molar-refractivity contribution in [3.63, 3.8) is 0 Å². The van der Waals surface area contributed by atoms with Crippen molar-refractivity contribution >= 4 is 17.3 Å². The maximum atomic E-state index is 12.1. The van der Waals surface area contributed by atoms with E-state index in [4.69, 9.17) is 9.57 Å². The first-order chi connectivity index (χ1) is 10.8. The second kappa shape index (κ2) is 6.26. The first kappa shape index (κ1) is 14.1. The van der Waals surface area contributed by atoms with Crippen molar-refractivity contribution in [3.8, 4) is 5.75 Å². The topological polar surface area (TPSA) is 72.8 Å². The van der Waals surface area contributed by atoms with Gasteiger partial charge in [0.2, 0.25) is 6.10 Å². The van der Waals surface area contributed by atoms with Crippen LogP contribution in [0.15, 0.2) is 53.9 Å². The van der Waals surface area contributed by atoms with Gasteiger partial charge in [-0.3, -0.25) is 9.78 Å². The Hall–Kier alpha value is -2.89. The van der Waals surface area contributed by atoms with Crippen LogP contribution < -0.4 is 10.1 Å². The number of pyridine rings is 1. The quantitative estimate of drug-likeness (QED) is 0.939. The third-order valence-electron chi connectivity index (χ3n) is 3.33. The number of carbonyl (C=O) groups is 1. The van der Waals surface area contributed by atoms with Gasteiger partial charge in [0.15, 0.2) is 0 Å². The van der Waals surface area contributed by atoms with Crippen molar-refractivity contribution in [1.82, 2.24) is 4.98 Å². The number of nitrogens with zero attached hydrogens (tertiary/aromatic N) is 2. The molecule has 2 aromatic rings. The number of ether oxygens (including phenoxy) is 1. The van der Waals surface area contributed by atoms with E-state index in [1.165, 1.54) is 0 Å². The van der Waals surface area contributed by atoms with Gasteiger partial charge in [-0.1, -0.05) is 5.16 Å². The van der Waals surface area contributed by atoms with Gasteiger partial charge in [-0.2, -0.15) is 0 Å². The van der Waals surface area contributed by atoms with Crippen LogP contribution in [0.3, 0.4) is 0 Å². The van der Waals surface area contributed by atoms with Crippen LogP contribution in [0.25, 0.3) is 0 Å². The minimum absolute atomic E-state index is 0.224. The lowest BCUT2D eigenvalue weighted by Crippen LogP contribution is -2.28. The van der Waals surface area contributed by atoms with E-state index in [0.29, 0.717) is 12.1 Å². The molecule has 1 atom stereocenters. The summed E-state index contributed by atoms with van der Waals surface area (Å²) in [5.41, 5.74) is 2.35. The minimum Gasteiger partial charge on any atom is -0.497 e. The number of rotatable bonds is 4. The number of hydrogen-bond donors (Lipinski definition) is 1. The smallest absolute Gasteiger partial charge is 0.268 e. The SMILES string of the molecule is COc1ccc(C2=NO[C@@H](C(=O)Nc3ccncc3)C2)cc1. The van der Waals surface area contributed by atoms with Crippen molar-refractivity contribution in [3.05, 3.63) is 54.4 Å². The van der Waals surface area contributed by atoms with E-state index < -0.39 is 6.10 Å². The highest BCUT2D eigenvalue weighted by Crippen LogP contribution is 2.20. The highest BCUT2D eigenvalue weighted by atomic mass is 16.6. The van der Waals surface area contributed by atoms with E-state index in [-0.39, 0.29) is 5.91 Å². The fourth-order valence-corrected chi connectivity index (χ4v) is 2.13. The minimum atomic E-state index is -0.620. The third kappa shape index (κ3) is 3.06. The number of benzene rings is 1.